The Hall–Kier alpha value is -4.42. The maximum atomic E-state index is 15.8. The molecule has 0 fully saturated rings. The molecule has 7 nitrogen and oxygen atoms in total. The van der Waals surface area contributed by atoms with Crippen LogP contribution >= 0.6 is 0 Å². The topological polar surface area (TPSA) is 93.7 Å². The number of sulfonamides is 1. The molecule has 4 aromatic rings. The van der Waals surface area contributed by atoms with Gasteiger partial charge in [-0.2, -0.15) is 0 Å². The maximum absolute atomic E-state index is 15.8. The third-order valence-corrected chi connectivity index (χ3v) is 7.01. The minimum absolute atomic E-state index is 0.0215. The summed E-state index contributed by atoms with van der Waals surface area (Å²) in [6.45, 7) is 0. The van der Waals surface area contributed by atoms with Gasteiger partial charge in [-0.25, -0.2) is 17.5 Å². The summed E-state index contributed by atoms with van der Waals surface area (Å²) in [6, 6.07) is 21.7. The normalized spacial score (nSPS) is 11.6. The van der Waals surface area contributed by atoms with Gasteiger partial charge in [0, 0.05) is 11.6 Å². The minimum Gasteiger partial charge on any atom is -0.453 e. The van der Waals surface area contributed by atoms with Crippen LogP contribution in [-0.2, 0) is 21.2 Å². The average Bonchev–Trinajstić information content (AvgIpc) is 2.91. The van der Waals surface area contributed by atoms with Crippen LogP contribution in [0.15, 0.2) is 95.9 Å². The van der Waals surface area contributed by atoms with Gasteiger partial charge in [-0.05, 0) is 54.6 Å². The Kier molecular flexibility index (Phi) is 8.40. The fourth-order valence-electron chi connectivity index (χ4n) is 3.73. The van der Waals surface area contributed by atoms with Crippen LogP contribution in [0.1, 0.15) is 5.56 Å². The highest BCUT2D eigenvalue weighted by Gasteiger charge is 2.31. The van der Waals surface area contributed by atoms with Crippen molar-refractivity contribution in [3.63, 3.8) is 0 Å². The fourth-order valence-corrected chi connectivity index (χ4v) is 4.46. The molecule has 40 heavy (non-hydrogen) atoms. The van der Waals surface area contributed by atoms with Crippen LogP contribution in [-0.4, -0.2) is 27.7 Å². The maximum Gasteiger partial charge on any atom is 0.573 e. The summed E-state index contributed by atoms with van der Waals surface area (Å²) < 4.78 is 89.4. The Labute approximate surface area is 227 Å². The van der Waals surface area contributed by atoms with Crippen molar-refractivity contribution in [3.05, 3.63) is 102 Å². The fraction of sp³-hybridized carbons (Fsp3) is 0.107. The van der Waals surface area contributed by atoms with Gasteiger partial charge in [0.1, 0.15) is 11.5 Å². The first-order valence-corrected chi connectivity index (χ1v) is 13.2. The molecular formula is C28H22F4N2O5S. The van der Waals surface area contributed by atoms with Crippen LogP contribution in [0, 0.1) is 5.82 Å². The Morgan fingerprint density at radius 3 is 2.20 bits per heavy atom. The zero-order valence-corrected chi connectivity index (χ0v) is 21.6. The first kappa shape index (κ1) is 28.6. The van der Waals surface area contributed by atoms with Crippen molar-refractivity contribution in [2.45, 2.75) is 17.7 Å². The average molecular weight is 575 g/mol. The summed E-state index contributed by atoms with van der Waals surface area (Å²) in [6.07, 6.45) is -5.11. The van der Waals surface area contributed by atoms with E-state index >= 15 is 4.39 Å². The lowest BCUT2D eigenvalue weighted by molar-refractivity contribution is -0.274. The number of nitrogens with one attached hydrogen (secondary N) is 2. The molecule has 4 rings (SSSR count). The van der Waals surface area contributed by atoms with Crippen LogP contribution < -0.4 is 19.5 Å². The van der Waals surface area contributed by atoms with E-state index in [1.165, 1.54) is 55.6 Å². The number of hydrogen-bond acceptors (Lipinski definition) is 5. The number of benzene rings is 4. The number of anilines is 1. The quantitative estimate of drug-likeness (QED) is 0.230. The molecule has 0 aliphatic carbocycles. The van der Waals surface area contributed by atoms with E-state index in [4.69, 9.17) is 4.74 Å². The lowest BCUT2D eigenvalue weighted by Crippen LogP contribution is -2.19. The second-order valence-corrected chi connectivity index (χ2v) is 10.3. The van der Waals surface area contributed by atoms with Crippen molar-refractivity contribution in [1.82, 2.24) is 4.72 Å². The number of carbonyl (C=O) groups excluding carboxylic acids is 1. The summed E-state index contributed by atoms with van der Waals surface area (Å²) in [4.78, 5) is 12.7. The van der Waals surface area contributed by atoms with Crippen molar-refractivity contribution in [2.75, 3.05) is 12.4 Å². The smallest absolute Gasteiger partial charge is 0.453 e. The Balaban J connectivity index is 1.61. The molecule has 0 radical (unpaired) electrons. The molecule has 1 amide bonds. The lowest BCUT2D eigenvalue weighted by atomic mass is 10.0. The van der Waals surface area contributed by atoms with Gasteiger partial charge in [0.05, 0.1) is 17.0 Å². The van der Waals surface area contributed by atoms with Crippen LogP contribution in [0.2, 0.25) is 0 Å². The second kappa shape index (κ2) is 11.8. The first-order valence-electron chi connectivity index (χ1n) is 11.7. The van der Waals surface area contributed by atoms with Crippen molar-refractivity contribution < 1.29 is 40.2 Å². The molecule has 0 atom stereocenters. The molecule has 0 heterocycles. The number of rotatable bonds is 9. The van der Waals surface area contributed by atoms with E-state index in [9.17, 15) is 26.4 Å². The standard InChI is InChI=1S/C28H22F4N2O5S/c1-33-40(36,37)22-12-10-18(11-13-22)16-25(35)34-24-15-14-23(19-6-3-2-4-7-19)27(26(24)29)38-20-8-5-9-21(17-20)39-28(30,31)32/h2-15,17,33H,16H2,1H3,(H,34,35). The van der Waals surface area contributed by atoms with E-state index in [1.807, 2.05) is 0 Å². The highest BCUT2D eigenvalue weighted by Crippen LogP contribution is 2.40. The Morgan fingerprint density at radius 2 is 1.55 bits per heavy atom. The zero-order valence-electron chi connectivity index (χ0n) is 20.8. The number of ether oxygens (including phenoxy) is 2. The number of amides is 1. The number of hydrogen-bond donors (Lipinski definition) is 2. The molecule has 2 N–H and O–H groups in total. The largest absolute Gasteiger partial charge is 0.573 e. The van der Waals surface area contributed by atoms with Gasteiger partial charge >= 0.3 is 6.36 Å². The first-order chi connectivity index (χ1) is 18.9. The van der Waals surface area contributed by atoms with Crippen LogP contribution in [0.25, 0.3) is 11.1 Å². The van der Waals surface area contributed by atoms with E-state index in [0.717, 1.165) is 12.1 Å². The molecule has 0 bridgehead atoms. The third kappa shape index (κ3) is 7.16. The van der Waals surface area contributed by atoms with E-state index in [-0.39, 0.29) is 28.5 Å². The monoisotopic (exact) mass is 574 g/mol. The third-order valence-electron chi connectivity index (χ3n) is 5.58. The van der Waals surface area contributed by atoms with Crippen molar-refractivity contribution in [3.8, 4) is 28.4 Å². The summed E-state index contributed by atoms with van der Waals surface area (Å²) >= 11 is 0. The van der Waals surface area contributed by atoms with Gasteiger partial charge in [0.25, 0.3) is 0 Å². The Bertz CT molecular complexity index is 1610. The van der Waals surface area contributed by atoms with Crippen molar-refractivity contribution >= 4 is 21.6 Å². The van der Waals surface area contributed by atoms with E-state index in [0.29, 0.717) is 16.7 Å². The molecule has 0 aliphatic rings. The number of alkyl halides is 3. The summed E-state index contributed by atoms with van der Waals surface area (Å²) in [5.41, 5.74) is 1.11. The zero-order chi connectivity index (χ0) is 28.9. The van der Waals surface area contributed by atoms with Gasteiger partial charge in [-0.3, -0.25) is 4.79 Å². The predicted octanol–water partition coefficient (Wildman–Crippen LogP) is 6.27. The van der Waals surface area contributed by atoms with E-state index < -0.39 is 33.9 Å². The van der Waals surface area contributed by atoms with Gasteiger partial charge in [0.2, 0.25) is 15.9 Å². The highest BCUT2D eigenvalue weighted by atomic mass is 32.2. The molecule has 0 aliphatic heterocycles. The highest BCUT2D eigenvalue weighted by molar-refractivity contribution is 7.89. The van der Waals surface area contributed by atoms with Gasteiger partial charge < -0.3 is 14.8 Å². The predicted molar refractivity (Wildman–Crippen MR) is 140 cm³/mol. The van der Waals surface area contributed by atoms with Crippen LogP contribution in [0.4, 0.5) is 23.2 Å². The van der Waals surface area contributed by atoms with Crippen molar-refractivity contribution in [2.24, 2.45) is 0 Å². The molecule has 0 aromatic heterocycles. The molecule has 0 saturated heterocycles. The second-order valence-electron chi connectivity index (χ2n) is 8.37. The molecular weight excluding hydrogens is 552 g/mol. The molecule has 208 valence electrons. The SMILES string of the molecule is CNS(=O)(=O)c1ccc(CC(=O)Nc2ccc(-c3ccccc3)c(Oc3cccc(OC(F)(F)F)c3)c2F)cc1. The van der Waals surface area contributed by atoms with Crippen LogP contribution in [0.3, 0.4) is 0 Å². The molecule has 0 spiro atoms. The molecule has 4 aromatic carbocycles. The molecule has 12 heteroatoms. The summed E-state index contributed by atoms with van der Waals surface area (Å²) in [5, 5.41) is 2.46. The minimum atomic E-state index is -4.93. The number of carbonyl (C=O) groups is 1. The molecule has 0 saturated carbocycles. The molecule has 0 unspecified atom stereocenters. The lowest BCUT2D eigenvalue weighted by Gasteiger charge is -2.16. The van der Waals surface area contributed by atoms with Gasteiger partial charge in [0.15, 0.2) is 11.6 Å². The summed E-state index contributed by atoms with van der Waals surface area (Å²) in [7, 11) is -2.37. The van der Waals surface area contributed by atoms with E-state index in [2.05, 4.69) is 14.8 Å². The summed E-state index contributed by atoms with van der Waals surface area (Å²) in [5.74, 6) is -2.55. The Morgan fingerprint density at radius 1 is 0.875 bits per heavy atom. The van der Waals surface area contributed by atoms with Gasteiger partial charge in [-0.15, -0.1) is 13.2 Å². The van der Waals surface area contributed by atoms with Crippen LogP contribution in [0.5, 0.6) is 17.2 Å². The van der Waals surface area contributed by atoms with E-state index in [1.54, 1.807) is 30.3 Å². The van der Waals surface area contributed by atoms with Gasteiger partial charge in [-0.1, -0.05) is 48.5 Å². The van der Waals surface area contributed by atoms with Crippen molar-refractivity contribution in [1.29, 1.82) is 0 Å². The number of halogens is 4.